The summed E-state index contributed by atoms with van der Waals surface area (Å²) in [5.74, 6) is -0.473. The predicted octanol–water partition coefficient (Wildman–Crippen LogP) is 0.712. The van der Waals surface area contributed by atoms with Gasteiger partial charge in [0.15, 0.2) is 0 Å². The molecular formula is C14H22N4O2S. The lowest BCUT2D eigenvalue weighted by atomic mass is 9.99. The molecule has 2 amide bonds. The van der Waals surface area contributed by atoms with Gasteiger partial charge in [-0.15, -0.1) is 11.3 Å². The lowest BCUT2D eigenvalue weighted by Crippen LogP contribution is -2.50. The van der Waals surface area contributed by atoms with E-state index in [4.69, 9.17) is 5.73 Å². The van der Waals surface area contributed by atoms with E-state index in [0.29, 0.717) is 24.0 Å². The normalized spacial score (nSPS) is 19.2. The number of hydrogen-bond acceptors (Lipinski definition) is 5. The van der Waals surface area contributed by atoms with Crippen LogP contribution in [0.1, 0.15) is 35.4 Å². The molecule has 6 nitrogen and oxygen atoms in total. The maximum absolute atomic E-state index is 11.9. The summed E-state index contributed by atoms with van der Waals surface area (Å²) in [5.41, 5.74) is 10.5. The molecule has 7 heteroatoms. The Morgan fingerprint density at radius 1 is 1.38 bits per heavy atom. The van der Waals surface area contributed by atoms with Crippen LogP contribution in [0.2, 0.25) is 0 Å². The van der Waals surface area contributed by atoms with E-state index in [2.05, 4.69) is 15.8 Å². The van der Waals surface area contributed by atoms with E-state index in [9.17, 15) is 9.59 Å². The summed E-state index contributed by atoms with van der Waals surface area (Å²) < 4.78 is 0. The number of piperidine rings is 1. The standard InChI is InChI=1S/C14H22N4O2S/c15-7-6-11-4-1-2-8-18(11)10-13(19)16-17-14(20)12-5-3-9-21-12/h3,5,9,11H,1-2,4,6-8,10,15H2,(H,16,19)(H,17,20). The van der Waals surface area contributed by atoms with Gasteiger partial charge in [-0.2, -0.15) is 0 Å². The van der Waals surface area contributed by atoms with Gasteiger partial charge >= 0.3 is 0 Å². The summed E-state index contributed by atoms with van der Waals surface area (Å²) in [7, 11) is 0. The number of rotatable bonds is 5. The molecule has 1 aliphatic heterocycles. The maximum atomic E-state index is 11.9. The molecule has 1 aliphatic rings. The first-order valence-electron chi connectivity index (χ1n) is 7.27. The van der Waals surface area contributed by atoms with Gasteiger partial charge in [-0.25, -0.2) is 0 Å². The first-order chi connectivity index (χ1) is 10.2. The summed E-state index contributed by atoms with van der Waals surface area (Å²) in [6.45, 7) is 1.85. The van der Waals surface area contributed by atoms with Gasteiger partial charge in [0.25, 0.3) is 11.8 Å². The lowest BCUT2D eigenvalue weighted by Gasteiger charge is -2.34. The van der Waals surface area contributed by atoms with Crippen LogP contribution in [0.4, 0.5) is 0 Å². The molecule has 0 saturated carbocycles. The highest BCUT2D eigenvalue weighted by molar-refractivity contribution is 7.12. The Labute approximate surface area is 128 Å². The minimum Gasteiger partial charge on any atom is -0.330 e. The maximum Gasteiger partial charge on any atom is 0.279 e. The molecule has 0 aromatic carbocycles. The van der Waals surface area contributed by atoms with E-state index in [0.717, 1.165) is 25.8 Å². The van der Waals surface area contributed by atoms with Crippen molar-refractivity contribution in [3.05, 3.63) is 22.4 Å². The smallest absolute Gasteiger partial charge is 0.279 e. The van der Waals surface area contributed by atoms with E-state index < -0.39 is 0 Å². The second kappa shape index (κ2) is 8.11. The van der Waals surface area contributed by atoms with Crippen molar-refractivity contribution < 1.29 is 9.59 Å². The van der Waals surface area contributed by atoms with Crippen LogP contribution in [0.15, 0.2) is 17.5 Å². The molecule has 1 saturated heterocycles. The summed E-state index contributed by atoms with van der Waals surface area (Å²) in [6.07, 6.45) is 4.30. The quantitative estimate of drug-likeness (QED) is 0.699. The third-order valence-electron chi connectivity index (χ3n) is 3.66. The van der Waals surface area contributed by atoms with Crippen molar-refractivity contribution in [2.24, 2.45) is 5.73 Å². The van der Waals surface area contributed by atoms with Gasteiger partial charge in [0.05, 0.1) is 11.4 Å². The highest BCUT2D eigenvalue weighted by Crippen LogP contribution is 2.18. The highest BCUT2D eigenvalue weighted by Gasteiger charge is 2.23. The minimum atomic E-state index is -0.282. The summed E-state index contributed by atoms with van der Waals surface area (Å²) in [6, 6.07) is 3.89. The fraction of sp³-hybridized carbons (Fsp3) is 0.571. The zero-order chi connectivity index (χ0) is 15.1. The van der Waals surface area contributed by atoms with Crippen molar-refractivity contribution >= 4 is 23.2 Å². The van der Waals surface area contributed by atoms with Crippen LogP contribution >= 0.6 is 11.3 Å². The number of nitrogens with one attached hydrogen (secondary N) is 2. The summed E-state index contributed by atoms with van der Waals surface area (Å²) in [5, 5.41) is 1.82. The van der Waals surface area contributed by atoms with Gasteiger partial charge in [0, 0.05) is 6.04 Å². The summed E-state index contributed by atoms with van der Waals surface area (Å²) >= 11 is 1.34. The molecule has 1 fully saturated rings. The Kier molecular flexibility index (Phi) is 6.16. The van der Waals surface area contributed by atoms with Crippen molar-refractivity contribution in [2.45, 2.75) is 31.7 Å². The number of carbonyl (C=O) groups excluding carboxylic acids is 2. The van der Waals surface area contributed by atoms with Gasteiger partial charge in [-0.05, 0) is 43.8 Å². The Morgan fingerprint density at radius 2 is 2.24 bits per heavy atom. The predicted molar refractivity (Wildman–Crippen MR) is 82.8 cm³/mol. The Bertz CT molecular complexity index is 462. The minimum absolute atomic E-state index is 0.191. The molecular weight excluding hydrogens is 288 g/mol. The third kappa shape index (κ3) is 4.80. The van der Waals surface area contributed by atoms with Crippen molar-refractivity contribution in [3.63, 3.8) is 0 Å². The molecule has 0 spiro atoms. The van der Waals surface area contributed by atoms with Gasteiger partial charge in [0.2, 0.25) is 0 Å². The SMILES string of the molecule is NCCC1CCCCN1CC(=O)NNC(=O)c1cccs1. The van der Waals surface area contributed by atoms with Gasteiger partial charge < -0.3 is 5.73 Å². The van der Waals surface area contributed by atoms with Crippen LogP contribution in [0.5, 0.6) is 0 Å². The Hall–Kier alpha value is -1.44. The lowest BCUT2D eigenvalue weighted by molar-refractivity contribution is -0.124. The second-order valence-electron chi connectivity index (χ2n) is 5.18. The van der Waals surface area contributed by atoms with Crippen LogP contribution in [0.25, 0.3) is 0 Å². The first-order valence-corrected chi connectivity index (χ1v) is 8.15. The van der Waals surface area contributed by atoms with Crippen molar-refractivity contribution in [1.82, 2.24) is 15.8 Å². The van der Waals surface area contributed by atoms with Gasteiger partial charge in [-0.1, -0.05) is 12.5 Å². The molecule has 1 atom stereocenters. The zero-order valence-corrected chi connectivity index (χ0v) is 12.8. The van der Waals surface area contributed by atoms with E-state index in [1.54, 1.807) is 12.1 Å². The first kappa shape index (κ1) is 15.9. The number of hydrazine groups is 1. The molecule has 1 unspecified atom stereocenters. The molecule has 21 heavy (non-hydrogen) atoms. The molecule has 2 heterocycles. The summed E-state index contributed by atoms with van der Waals surface area (Å²) in [4.78, 5) is 26.4. The monoisotopic (exact) mass is 310 g/mol. The molecule has 4 N–H and O–H groups in total. The van der Waals surface area contributed by atoms with Crippen LogP contribution in [0, 0.1) is 0 Å². The molecule has 116 valence electrons. The number of thiophene rings is 1. The highest BCUT2D eigenvalue weighted by atomic mass is 32.1. The Balaban J connectivity index is 1.76. The van der Waals surface area contributed by atoms with E-state index in [1.807, 2.05) is 5.38 Å². The van der Waals surface area contributed by atoms with Crippen LogP contribution in [-0.4, -0.2) is 42.4 Å². The van der Waals surface area contributed by atoms with Crippen molar-refractivity contribution in [1.29, 1.82) is 0 Å². The van der Waals surface area contributed by atoms with E-state index >= 15 is 0 Å². The molecule has 1 aromatic heterocycles. The van der Waals surface area contributed by atoms with Crippen LogP contribution in [0.3, 0.4) is 0 Å². The molecule has 2 rings (SSSR count). The number of hydrogen-bond donors (Lipinski definition) is 3. The molecule has 0 bridgehead atoms. The number of nitrogens with two attached hydrogens (primary N) is 1. The van der Waals surface area contributed by atoms with Crippen LogP contribution < -0.4 is 16.6 Å². The van der Waals surface area contributed by atoms with Crippen molar-refractivity contribution in [2.75, 3.05) is 19.6 Å². The number of carbonyl (C=O) groups is 2. The Morgan fingerprint density at radius 3 is 2.95 bits per heavy atom. The largest absolute Gasteiger partial charge is 0.330 e. The third-order valence-corrected chi connectivity index (χ3v) is 4.52. The molecule has 1 aromatic rings. The van der Waals surface area contributed by atoms with Crippen molar-refractivity contribution in [3.8, 4) is 0 Å². The average Bonchev–Trinajstić information content (AvgIpc) is 3.01. The fourth-order valence-corrected chi connectivity index (χ4v) is 3.23. The number of nitrogens with zero attached hydrogens (tertiary/aromatic N) is 1. The van der Waals surface area contributed by atoms with Crippen LogP contribution in [-0.2, 0) is 4.79 Å². The zero-order valence-electron chi connectivity index (χ0n) is 12.0. The van der Waals surface area contributed by atoms with E-state index in [-0.39, 0.29) is 11.8 Å². The molecule has 0 aliphatic carbocycles. The number of likely N-dealkylation sites (tertiary alicyclic amines) is 1. The fourth-order valence-electron chi connectivity index (χ4n) is 2.61. The topological polar surface area (TPSA) is 87.5 Å². The van der Waals surface area contributed by atoms with Gasteiger partial charge in [0.1, 0.15) is 0 Å². The molecule has 0 radical (unpaired) electrons. The number of amides is 2. The second-order valence-corrected chi connectivity index (χ2v) is 6.12. The van der Waals surface area contributed by atoms with E-state index in [1.165, 1.54) is 17.8 Å². The van der Waals surface area contributed by atoms with Gasteiger partial charge in [-0.3, -0.25) is 25.3 Å². The average molecular weight is 310 g/mol.